The zero-order chi connectivity index (χ0) is 25.1. The minimum Gasteiger partial charge on any atom is -0.391 e. The van der Waals surface area contributed by atoms with Gasteiger partial charge in [0.2, 0.25) is 5.91 Å². The molecule has 4 aromatic rings. The van der Waals surface area contributed by atoms with Gasteiger partial charge in [0.05, 0.1) is 17.8 Å². The van der Waals surface area contributed by atoms with E-state index < -0.39 is 6.10 Å². The normalized spacial score (nSPS) is 25.0. The van der Waals surface area contributed by atoms with Crippen LogP contribution in [0.3, 0.4) is 0 Å². The number of hydrogen-bond donors (Lipinski definition) is 2. The van der Waals surface area contributed by atoms with Crippen LogP contribution in [0.2, 0.25) is 5.02 Å². The van der Waals surface area contributed by atoms with Crippen molar-refractivity contribution < 1.29 is 9.90 Å². The third-order valence-corrected chi connectivity index (χ3v) is 7.85. The van der Waals surface area contributed by atoms with Crippen molar-refractivity contribution in [2.24, 2.45) is 5.92 Å². The summed E-state index contributed by atoms with van der Waals surface area (Å²) < 4.78 is 2.08. The van der Waals surface area contributed by atoms with Crippen LogP contribution in [0, 0.1) is 5.92 Å². The molecule has 3 aliphatic rings. The number of aliphatic hydroxyl groups is 1. The second-order valence-corrected chi connectivity index (χ2v) is 10.8. The molecule has 4 atom stereocenters. The maximum absolute atomic E-state index is 12.9. The molecular weight excluding hydrogens is 490 g/mol. The Morgan fingerprint density at radius 2 is 1.95 bits per heavy atom. The summed E-state index contributed by atoms with van der Waals surface area (Å²) in [7, 11) is 0. The van der Waals surface area contributed by atoms with Crippen LogP contribution in [-0.2, 0) is 4.79 Å². The summed E-state index contributed by atoms with van der Waals surface area (Å²) in [4.78, 5) is 32.9. The van der Waals surface area contributed by atoms with Gasteiger partial charge in [-0.2, -0.15) is 0 Å². The number of halogens is 1. The summed E-state index contributed by atoms with van der Waals surface area (Å²) in [5, 5.41) is 14.1. The molecule has 2 saturated carbocycles. The van der Waals surface area contributed by atoms with Crippen molar-refractivity contribution in [2.45, 2.75) is 49.7 Å². The molecule has 1 saturated heterocycles. The first-order valence-corrected chi connectivity index (χ1v) is 13.1. The van der Waals surface area contributed by atoms with E-state index in [1.165, 1.54) is 24.7 Å². The molecular formula is C27H26ClN7O2. The van der Waals surface area contributed by atoms with Crippen molar-refractivity contribution in [2.75, 3.05) is 16.8 Å². The average Bonchev–Trinajstić information content (AvgIpc) is 3.81. The Morgan fingerprint density at radius 1 is 1.05 bits per heavy atom. The van der Waals surface area contributed by atoms with Gasteiger partial charge < -0.3 is 19.7 Å². The predicted molar refractivity (Wildman–Crippen MR) is 139 cm³/mol. The Hall–Kier alpha value is -3.56. The standard InChI is InChI=1S/C27H26ClN7O2/c28-17-5-6-29-21(7-17)19-9-20(19)27(37)33-24-10-26(31-14-30-24)35-12-18(36)8-23(35)22-13-34-11-16(15-1-2-15)3-4-25(34)32-22/h3-7,10-11,13-15,18-20,23,36H,1-2,8-9,12H2,(H,30,31,33,37)/t18-,19+,20+,23+/m0/s1. The number of carbonyl (C=O) groups excluding carboxylic acids is 1. The van der Waals surface area contributed by atoms with Gasteiger partial charge in [-0.3, -0.25) is 9.78 Å². The summed E-state index contributed by atoms with van der Waals surface area (Å²) in [6.45, 7) is 0.432. The molecule has 1 aliphatic heterocycles. The Bertz CT molecular complexity index is 1500. The number of nitrogens with zero attached hydrogens (tertiary/aromatic N) is 6. The van der Waals surface area contributed by atoms with Crippen molar-refractivity contribution >= 4 is 34.8 Å². The number of rotatable bonds is 6. The molecule has 1 amide bonds. The number of fused-ring (bicyclic) bond motifs is 1. The van der Waals surface area contributed by atoms with Gasteiger partial charge in [-0.1, -0.05) is 17.7 Å². The smallest absolute Gasteiger partial charge is 0.229 e. The van der Waals surface area contributed by atoms with E-state index in [9.17, 15) is 9.90 Å². The molecule has 0 bridgehead atoms. The monoisotopic (exact) mass is 515 g/mol. The van der Waals surface area contributed by atoms with Crippen LogP contribution in [0.4, 0.5) is 11.6 Å². The van der Waals surface area contributed by atoms with Crippen molar-refractivity contribution in [3.63, 3.8) is 0 Å². The van der Waals surface area contributed by atoms with Gasteiger partial charge in [0.15, 0.2) is 0 Å². The fraction of sp³-hybridized carbons (Fsp3) is 0.370. The summed E-state index contributed by atoms with van der Waals surface area (Å²) in [5.41, 5.74) is 3.97. The van der Waals surface area contributed by atoms with E-state index in [4.69, 9.17) is 16.6 Å². The van der Waals surface area contributed by atoms with E-state index in [1.807, 2.05) is 11.0 Å². The lowest BCUT2D eigenvalue weighted by molar-refractivity contribution is -0.117. The van der Waals surface area contributed by atoms with E-state index in [2.05, 4.69) is 49.2 Å². The molecule has 0 unspecified atom stereocenters. The molecule has 0 radical (unpaired) electrons. The van der Waals surface area contributed by atoms with Crippen molar-refractivity contribution in [1.29, 1.82) is 0 Å². The van der Waals surface area contributed by atoms with Gasteiger partial charge in [0.25, 0.3) is 0 Å². The zero-order valence-electron chi connectivity index (χ0n) is 20.0. The number of aliphatic hydroxyl groups excluding tert-OH is 1. The molecule has 188 valence electrons. The first kappa shape index (κ1) is 22.6. The molecule has 0 aromatic carbocycles. The summed E-state index contributed by atoms with van der Waals surface area (Å²) >= 11 is 6.08. The number of anilines is 2. The van der Waals surface area contributed by atoms with E-state index >= 15 is 0 Å². The van der Waals surface area contributed by atoms with Crippen LogP contribution in [-0.4, -0.2) is 48.0 Å². The maximum Gasteiger partial charge on any atom is 0.229 e. The molecule has 4 aromatic heterocycles. The Balaban J connectivity index is 1.09. The molecule has 0 spiro atoms. The van der Waals surface area contributed by atoms with Gasteiger partial charge in [-0.05, 0) is 48.9 Å². The van der Waals surface area contributed by atoms with Crippen LogP contribution >= 0.6 is 11.6 Å². The predicted octanol–water partition coefficient (Wildman–Crippen LogP) is 4.10. The van der Waals surface area contributed by atoms with Crippen molar-refractivity contribution in [3.05, 3.63) is 77.2 Å². The van der Waals surface area contributed by atoms with Crippen LogP contribution in [0.1, 0.15) is 60.5 Å². The third-order valence-electron chi connectivity index (χ3n) is 7.61. The Morgan fingerprint density at radius 3 is 2.78 bits per heavy atom. The summed E-state index contributed by atoms with van der Waals surface area (Å²) in [5.74, 6) is 1.55. The number of imidazole rings is 1. The van der Waals surface area contributed by atoms with Gasteiger partial charge in [-0.15, -0.1) is 0 Å². The highest BCUT2D eigenvalue weighted by Crippen LogP contribution is 2.47. The molecule has 9 nitrogen and oxygen atoms in total. The van der Waals surface area contributed by atoms with Gasteiger partial charge >= 0.3 is 0 Å². The number of pyridine rings is 2. The van der Waals surface area contributed by atoms with Crippen LogP contribution < -0.4 is 10.2 Å². The Kier molecular flexibility index (Phi) is 5.37. The fourth-order valence-corrected chi connectivity index (χ4v) is 5.59. The highest BCUT2D eigenvalue weighted by molar-refractivity contribution is 6.30. The number of hydrogen-bond acceptors (Lipinski definition) is 7. The molecule has 2 N–H and O–H groups in total. The highest BCUT2D eigenvalue weighted by Gasteiger charge is 2.45. The van der Waals surface area contributed by atoms with Crippen molar-refractivity contribution in [3.8, 4) is 0 Å². The molecule has 10 heteroatoms. The van der Waals surface area contributed by atoms with E-state index in [0.29, 0.717) is 35.5 Å². The number of amides is 1. The SMILES string of the molecule is O=C(Nc1cc(N2C[C@@H](O)C[C@@H]2c2cn3cc(C4CC4)ccc3n2)ncn1)[C@@H]1C[C@H]1c1cc(Cl)ccn1. The lowest BCUT2D eigenvalue weighted by Gasteiger charge is -2.24. The van der Waals surface area contributed by atoms with Crippen LogP contribution in [0.5, 0.6) is 0 Å². The third kappa shape index (κ3) is 4.42. The first-order chi connectivity index (χ1) is 18.0. The minimum atomic E-state index is -0.498. The second kappa shape index (κ2) is 8.78. The molecule has 3 fully saturated rings. The molecule has 2 aliphatic carbocycles. The number of aromatic nitrogens is 5. The van der Waals surface area contributed by atoms with Crippen LogP contribution in [0.15, 0.2) is 55.2 Å². The summed E-state index contributed by atoms with van der Waals surface area (Å²) in [6.07, 6.45) is 10.6. The quantitative estimate of drug-likeness (QED) is 0.398. The number of nitrogens with one attached hydrogen (secondary N) is 1. The van der Waals surface area contributed by atoms with Gasteiger partial charge in [0, 0.05) is 60.2 Å². The molecule has 37 heavy (non-hydrogen) atoms. The van der Waals surface area contributed by atoms with Gasteiger partial charge in [-0.25, -0.2) is 15.0 Å². The minimum absolute atomic E-state index is 0.0635. The number of β-amino-alcohol motifs (C(OH)–C–C–N with tert-alkyl or cyclic N) is 1. The van der Waals surface area contributed by atoms with Crippen molar-refractivity contribution in [1.82, 2.24) is 24.3 Å². The zero-order valence-corrected chi connectivity index (χ0v) is 20.8. The molecule has 7 rings (SSSR count). The number of carbonyl (C=O) groups is 1. The summed E-state index contributed by atoms with van der Waals surface area (Å²) in [6, 6.07) is 9.41. The topological polar surface area (TPSA) is 109 Å². The van der Waals surface area contributed by atoms with E-state index in [0.717, 1.165) is 23.5 Å². The first-order valence-electron chi connectivity index (χ1n) is 12.7. The lowest BCUT2D eigenvalue weighted by Crippen LogP contribution is -2.26. The highest BCUT2D eigenvalue weighted by atomic mass is 35.5. The largest absolute Gasteiger partial charge is 0.391 e. The average molecular weight is 516 g/mol. The maximum atomic E-state index is 12.9. The Labute approximate surface area is 218 Å². The van der Waals surface area contributed by atoms with Crippen LogP contribution in [0.25, 0.3) is 5.65 Å². The van der Waals surface area contributed by atoms with E-state index in [1.54, 1.807) is 18.3 Å². The van der Waals surface area contributed by atoms with E-state index in [-0.39, 0.29) is 23.8 Å². The lowest BCUT2D eigenvalue weighted by atomic mass is 10.1. The molecule has 5 heterocycles. The fourth-order valence-electron chi connectivity index (χ4n) is 5.42. The van der Waals surface area contributed by atoms with Gasteiger partial charge in [0.1, 0.15) is 23.6 Å². The second-order valence-electron chi connectivity index (χ2n) is 10.3.